The van der Waals surface area contributed by atoms with Gasteiger partial charge in [-0.1, -0.05) is 5.16 Å². The largest absolute Gasteiger partial charge is 0.368 e. The number of anilines is 1. The monoisotopic (exact) mass is 271 g/mol. The highest BCUT2D eigenvalue weighted by Crippen LogP contribution is 2.22. The van der Waals surface area contributed by atoms with Crippen LogP contribution in [-0.2, 0) is 6.54 Å². The highest BCUT2D eigenvalue weighted by atomic mass is 16.5. The summed E-state index contributed by atoms with van der Waals surface area (Å²) in [5, 5.41) is 4.43. The molecule has 0 unspecified atom stereocenters. The summed E-state index contributed by atoms with van der Waals surface area (Å²) in [7, 11) is 0. The van der Waals surface area contributed by atoms with Gasteiger partial charge in [-0.25, -0.2) is 4.98 Å². The van der Waals surface area contributed by atoms with Gasteiger partial charge in [0.05, 0.1) is 17.5 Å². The van der Waals surface area contributed by atoms with Crippen molar-refractivity contribution >= 4 is 17.0 Å². The summed E-state index contributed by atoms with van der Waals surface area (Å²) in [5.74, 6) is 0.161. The molecule has 0 aliphatic rings. The SMILES string of the molecule is CCn1c(=O)c(-c2cnoc2)cc2c(C)nc(N)nc21. The fraction of sp³-hybridized carbons (Fsp3) is 0.231. The molecule has 0 aliphatic carbocycles. The molecule has 7 heteroatoms. The number of nitrogens with zero attached hydrogens (tertiary/aromatic N) is 4. The van der Waals surface area contributed by atoms with Crippen molar-refractivity contribution in [2.24, 2.45) is 0 Å². The Morgan fingerprint density at radius 1 is 1.40 bits per heavy atom. The Morgan fingerprint density at radius 2 is 2.20 bits per heavy atom. The van der Waals surface area contributed by atoms with Crippen LogP contribution in [0.1, 0.15) is 12.6 Å². The molecule has 0 bridgehead atoms. The van der Waals surface area contributed by atoms with E-state index in [0.717, 1.165) is 11.1 Å². The molecule has 20 heavy (non-hydrogen) atoms. The molecule has 102 valence electrons. The van der Waals surface area contributed by atoms with Crippen molar-refractivity contribution in [2.45, 2.75) is 20.4 Å². The van der Waals surface area contributed by atoms with E-state index in [1.807, 2.05) is 13.8 Å². The lowest BCUT2D eigenvalue weighted by molar-refractivity contribution is 0.420. The maximum Gasteiger partial charge on any atom is 0.260 e. The van der Waals surface area contributed by atoms with Gasteiger partial charge < -0.3 is 10.3 Å². The van der Waals surface area contributed by atoms with Crippen molar-refractivity contribution in [3.05, 3.63) is 34.6 Å². The second-order valence-electron chi connectivity index (χ2n) is 4.43. The van der Waals surface area contributed by atoms with Gasteiger partial charge in [-0.15, -0.1) is 0 Å². The van der Waals surface area contributed by atoms with Gasteiger partial charge in [-0.3, -0.25) is 9.36 Å². The van der Waals surface area contributed by atoms with Crippen molar-refractivity contribution in [3.63, 3.8) is 0 Å². The Balaban J connectivity index is 2.46. The first-order chi connectivity index (χ1) is 9.61. The number of aromatic nitrogens is 4. The van der Waals surface area contributed by atoms with Crippen LogP contribution in [0.2, 0.25) is 0 Å². The molecule has 0 aliphatic heterocycles. The van der Waals surface area contributed by atoms with Crippen LogP contribution < -0.4 is 11.3 Å². The average molecular weight is 271 g/mol. The molecule has 0 fully saturated rings. The number of pyridine rings is 1. The maximum absolute atomic E-state index is 12.5. The number of hydrogen-bond acceptors (Lipinski definition) is 6. The van der Waals surface area contributed by atoms with E-state index in [-0.39, 0.29) is 11.5 Å². The molecule has 7 nitrogen and oxygen atoms in total. The number of rotatable bonds is 2. The van der Waals surface area contributed by atoms with Crippen LogP contribution in [0.5, 0.6) is 0 Å². The Bertz CT molecular complexity index is 836. The lowest BCUT2D eigenvalue weighted by Gasteiger charge is -2.11. The van der Waals surface area contributed by atoms with E-state index in [0.29, 0.717) is 23.3 Å². The van der Waals surface area contributed by atoms with Crippen molar-refractivity contribution in [1.82, 2.24) is 19.7 Å². The molecule has 2 N–H and O–H groups in total. The minimum atomic E-state index is -0.152. The molecule has 0 saturated carbocycles. The summed E-state index contributed by atoms with van der Waals surface area (Å²) in [5.41, 5.74) is 7.94. The molecule has 0 amide bonds. The van der Waals surface area contributed by atoms with E-state index >= 15 is 0 Å². The van der Waals surface area contributed by atoms with E-state index in [4.69, 9.17) is 10.3 Å². The van der Waals surface area contributed by atoms with E-state index in [9.17, 15) is 4.79 Å². The number of nitrogens with two attached hydrogens (primary N) is 1. The van der Waals surface area contributed by atoms with Gasteiger partial charge in [0.1, 0.15) is 11.9 Å². The zero-order valence-corrected chi connectivity index (χ0v) is 11.1. The molecule has 0 aromatic carbocycles. The lowest BCUT2D eigenvalue weighted by atomic mass is 10.1. The van der Waals surface area contributed by atoms with Crippen LogP contribution in [0.4, 0.5) is 5.95 Å². The fourth-order valence-electron chi connectivity index (χ4n) is 2.25. The second-order valence-corrected chi connectivity index (χ2v) is 4.43. The highest BCUT2D eigenvalue weighted by Gasteiger charge is 2.14. The first kappa shape index (κ1) is 12.3. The Kier molecular flexibility index (Phi) is 2.74. The molecule has 0 atom stereocenters. The summed E-state index contributed by atoms with van der Waals surface area (Å²) in [6.07, 6.45) is 2.95. The number of fused-ring (bicyclic) bond motifs is 1. The van der Waals surface area contributed by atoms with Gasteiger partial charge >= 0.3 is 0 Å². The Hall–Kier alpha value is -2.70. The van der Waals surface area contributed by atoms with E-state index < -0.39 is 0 Å². The van der Waals surface area contributed by atoms with Gasteiger partial charge in [0.2, 0.25) is 5.95 Å². The van der Waals surface area contributed by atoms with Gasteiger partial charge in [0, 0.05) is 17.5 Å². The van der Waals surface area contributed by atoms with Crippen LogP contribution in [-0.4, -0.2) is 19.7 Å². The van der Waals surface area contributed by atoms with Gasteiger partial charge in [-0.05, 0) is 19.9 Å². The molecular formula is C13H13N5O2. The van der Waals surface area contributed by atoms with Crippen LogP contribution >= 0.6 is 0 Å². The van der Waals surface area contributed by atoms with Crippen molar-refractivity contribution < 1.29 is 4.52 Å². The van der Waals surface area contributed by atoms with Crippen molar-refractivity contribution in [3.8, 4) is 11.1 Å². The summed E-state index contributed by atoms with van der Waals surface area (Å²) >= 11 is 0. The Labute approximate surface area is 114 Å². The Morgan fingerprint density at radius 3 is 2.85 bits per heavy atom. The maximum atomic E-state index is 12.5. The molecule has 3 rings (SSSR count). The molecule has 3 heterocycles. The van der Waals surface area contributed by atoms with Crippen LogP contribution in [0.15, 0.2) is 27.8 Å². The van der Waals surface area contributed by atoms with Gasteiger partial charge in [0.25, 0.3) is 5.56 Å². The van der Waals surface area contributed by atoms with Crippen LogP contribution in [0.3, 0.4) is 0 Å². The summed E-state index contributed by atoms with van der Waals surface area (Å²) < 4.78 is 6.38. The highest BCUT2D eigenvalue weighted by molar-refractivity contribution is 5.83. The first-order valence-corrected chi connectivity index (χ1v) is 6.19. The summed E-state index contributed by atoms with van der Waals surface area (Å²) in [4.78, 5) is 20.8. The third-order valence-corrected chi connectivity index (χ3v) is 3.21. The number of hydrogen-bond donors (Lipinski definition) is 1. The third-order valence-electron chi connectivity index (χ3n) is 3.21. The minimum Gasteiger partial charge on any atom is -0.368 e. The predicted molar refractivity (Wildman–Crippen MR) is 74.1 cm³/mol. The standard InChI is InChI=1S/C13H13N5O2/c1-3-18-11-9(7(2)16-13(14)17-11)4-10(12(18)19)8-5-15-20-6-8/h4-6H,3H2,1-2H3,(H2,14,16,17). The molecule has 0 spiro atoms. The molecule has 0 radical (unpaired) electrons. The second kappa shape index (κ2) is 4.44. The summed E-state index contributed by atoms with van der Waals surface area (Å²) in [6.45, 7) is 4.21. The molecule has 0 saturated heterocycles. The first-order valence-electron chi connectivity index (χ1n) is 6.19. The van der Waals surface area contributed by atoms with Crippen LogP contribution in [0, 0.1) is 6.92 Å². The zero-order chi connectivity index (χ0) is 14.3. The average Bonchev–Trinajstić information content (AvgIpc) is 2.92. The quantitative estimate of drug-likeness (QED) is 0.755. The third kappa shape index (κ3) is 1.75. The van der Waals surface area contributed by atoms with Gasteiger partial charge in [-0.2, -0.15) is 4.98 Å². The zero-order valence-electron chi connectivity index (χ0n) is 11.1. The number of nitrogen functional groups attached to an aromatic ring is 1. The van der Waals surface area contributed by atoms with Crippen molar-refractivity contribution in [2.75, 3.05) is 5.73 Å². The van der Waals surface area contributed by atoms with Gasteiger partial charge in [0.15, 0.2) is 0 Å². The topological polar surface area (TPSA) is 99.8 Å². The van der Waals surface area contributed by atoms with Crippen LogP contribution in [0.25, 0.3) is 22.2 Å². The molecule has 3 aromatic heterocycles. The molecular weight excluding hydrogens is 258 g/mol. The van der Waals surface area contributed by atoms with E-state index in [1.54, 1.807) is 10.6 Å². The fourth-order valence-corrected chi connectivity index (χ4v) is 2.25. The predicted octanol–water partition coefficient (Wildman–Crippen LogP) is 1.36. The molecule has 3 aromatic rings. The normalized spacial score (nSPS) is 11.1. The van der Waals surface area contributed by atoms with E-state index in [1.165, 1.54) is 12.5 Å². The lowest BCUT2D eigenvalue weighted by Crippen LogP contribution is -2.22. The number of aryl methyl sites for hydroxylation is 2. The van der Waals surface area contributed by atoms with E-state index in [2.05, 4.69) is 15.1 Å². The smallest absolute Gasteiger partial charge is 0.260 e. The minimum absolute atomic E-state index is 0.152. The summed E-state index contributed by atoms with van der Waals surface area (Å²) in [6, 6.07) is 1.76. The van der Waals surface area contributed by atoms with Crippen molar-refractivity contribution in [1.29, 1.82) is 0 Å².